The zero-order valence-electron chi connectivity index (χ0n) is 16.2. The molecule has 0 aliphatic carbocycles. The number of hydrogen-bond donors (Lipinski definition) is 0. The molecule has 3 aromatic heterocycles. The Hall–Kier alpha value is -3.53. The van der Waals surface area contributed by atoms with Crippen LogP contribution in [0.25, 0.3) is 44.6 Å². The van der Waals surface area contributed by atoms with Gasteiger partial charge in [0.25, 0.3) is 0 Å². The zero-order chi connectivity index (χ0) is 20.0. The van der Waals surface area contributed by atoms with E-state index in [4.69, 9.17) is 4.42 Å². The van der Waals surface area contributed by atoms with Crippen LogP contribution in [0.4, 0.5) is 4.39 Å². The van der Waals surface area contributed by atoms with Crippen LogP contribution < -0.4 is 0 Å². The van der Waals surface area contributed by atoms with Crippen molar-refractivity contribution in [2.45, 2.75) is 19.8 Å². The second kappa shape index (κ2) is 6.82. The Bertz CT molecular complexity index is 1350. The predicted octanol–water partition coefficient (Wildman–Crippen LogP) is 6.97. The van der Waals surface area contributed by atoms with Crippen molar-refractivity contribution in [3.8, 4) is 22.5 Å². The molecule has 0 spiro atoms. The van der Waals surface area contributed by atoms with Crippen LogP contribution >= 0.6 is 0 Å². The number of hydrogen-bond acceptors (Lipinski definition) is 3. The monoisotopic (exact) mass is 382 g/mol. The molecule has 0 atom stereocenters. The van der Waals surface area contributed by atoms with E-state index in [0.29, 0.717) is 22.9 Å². The molecule has 0 radical (unpaired) electrons. The molecule has 0 bridgehead atoms. The van der Waals surface area contributed by atoms with Crippen LogP contribution in [0.2, 0.25) is 0 Å². The van der Waals surface area contributed by atoms with Crippen LogP contribution in [-0.2, 0) is 0 Å². The molecule has 0 N–H and O–H groups in total. The van der Waals surface area contributed by atoms with Gasteiger partial charge in [-0.05, 0) is 53.9 Å². The van der Waals surface area contributed by atoms with Gasteiger partial charge < -0.3 is 4.42 Å². The first-order valence-electron chi connectivity index (χ1n) is 9.65. The lowest BCUT2D eigenvalue weighted by Gasteiger charge is -2.07. The van der Waals surface area contributed by atoms with Gasteiger partial charge in [-0.2, -0.15) is 0 Å². The average molecular weight is 382 g/mol. The average Bonchev–Trinajstić information content (AvgIpc) is 3.12. The molecular weight excluding hydrogens is 363 g/mol. The van der Waals surface area contributed by atoms with E-state index < -0.39 is 0 Å². The lowest BCUT2D eigenvalue weighted by Crippen LogP contribution is -1.90. The molecule has 0 fully saturated rings. The van der Waals surface area contributed by atoms with Gasteiger partial charge in [-0.1, -0.05) is 38.1 Å². The standard InChI is InChI=1S/C25H19FN2O/c1-15(2)16-12-13-27-23(14-16)20-8-5-7-17-18-10-11-22(28-25(18)29-24(17)20)19-6-3-4-9-21(19)26/h3-15H,1-2H3. The summed E-state index contributed by atoms with van der Waals surface area (Å²) in [5, 5.41) is 1.88. The second-order valence-corrected chi connectivity index (χ2v) is 7.44. The molecule has 0 saturated carbocycles. The summed E-state index contributed by atoms with van der Waals surface area (Å²) in [6, 6.07) is 20.6. The highest BCUT2D eigenvalue weighted by atomic mass is 19.1. The Kier molecular flexibility index (Phi) is 4.13. The van der Waals surface area contributed by atoms with Crippen molar-refractivity contribution in [3.05, 3.63) is 84.3 Å². The summed E-state index contributed by atoms with van der Waals surface area (Å²) in [4.78, 5) is 9.16. The maximum Gasteiger partial charge on any atom is 0.227 e. The molecule has 5 rings (SSSR count). The largest absolute Gasteiger partial charge is 0.437 e. The van der Waals surface area contributed by atoms with Crippen LogP contribution in [-0.4, -0.2) is 9.97 Å². The maximum atomic E-state index is 14.2. The Morgan fingerprint density at radius 2 is 1.66 bits per heavy atom. The first kappa shape index (κ1) is 17.6. The summed E-state index contributed by atoms with van der Waals surface area (Å²) in [5.74, 6) is 0.113. The third kappa shape index (κ3) is 2.97. The number of halogens is 1. The van der Waals surface area contributed by atoms with Gasteiger partial charge in [0, 0.05) is 28.1 Å². The van der Waals surface area contributed by atoms with E-state index in [-0.39, 0.29) is 5.82 Å². The maximum absolute atomic E-state index is 14.2. The van der Waals surface area contributed by atoms with E-state index in [2.05, 4.69) is 29.9 Å². The van der Waals surface area contributed by atoms with E-state index in [1.807, 2.05) is 42.6 Å². The summed E-state index contributed by atoms with van der Waals surface area (Å²) in [6.07, 6.45) is 1.83. The van der Waals surface area contributed by atoms with Gasteiger partial charge in [0.15, 0.2) is 0 Å². The zero-order valence-corrected chi connectivity index (χ0v) is 16.2. The van der Waals surface area contributed by atoms with E-state index in [9.17, 15) is 4.39 Å². The number of aromatic nitrogens is 2. The molecule has 29 heavy (non-hydrogen) atoms. The highest BCUT2D eigenvalue weighted by Crippen LogP contribution is 2.36. The summed E-state index contributed by atoms with van der Waals surface area (Å²) < 4.78 is 20.4. The van der Waals surface area contributed by atoms with Gasteiger partial charge in [-0.15, -0.1) is 0 Å². The Morgan fingerprint density at radius 1 is 0.828 bits per heavy atom. The fraction of sp³-hybridized carbons (Fsp3) is 0.120. The highest BCUT2D eigenvalue weighted by molar-refractivity contribution is 6.08. The second-order valence-electron chi connectivity index (χ2n) is 7.44. The van der Waals surface area contributed by atoms with Crippen LogP contribution in [0.3, 0.4) is 0 Å². The molecule has 142 valence electrons. The Morgan fingerprint density at radius 3 is 2.48 bits per heavy atom. The highest BCUT2D eigenvalue weighted by Gasteiger charge is 2.16. The topological polar surface area (TPSA) is 38.9 Å². The van der Waals surface area contributed by atoms with E-state index >= 15 is 0 Å². The molecule has 0 unspecified atom stereocenters. The summed E-state index contributed by atoms with van der Waals surface area (Å²) in [6.45, 7) is 4.32. The van der Waals surface area contributed by atoms with E-state index in [1.54, 1.807) is 18.2 Å². The Labute approximate surface area is 167 Å². The van der Waals surface area contributed by atoms with Crippen LogP contribution in [0.5, 0.6) is 0 Å². The normalized spacial score (nSPS) is 11.6. The molecular formula is C25H19FN2O. The quantitative estimate of drug-likeness (QED) is 0.338. The molecule has 0 amide bonds. The number of nitrogens with zero attached hydrogens (tertiary/aromatic N) is 2. The lowest BCUT2D eigenvalue weighted by atomic mass is 10.0. The minimum atomic E-state index is -0.300. The fourth-order valence-corrected chi connectivity index (χ4v) is 3.65. The first-order valence-corrected chi connectivity index (χ1v) is 9.65. The number of benzene rings is 2. The SMILES string of the molecule is CC(C)c1ccnc(-c2cccc3c2oc2nc(-c4ccccc4F)ccc23)c1. The fourth-order valence-electron chi connectivity index (χ4n) is 3.65. The van der Waals surface area contributed by atoms with Gasteiger partial charge in [-0.25, -0.2) is 9.37 Å². The van der Waals surface area contributed by atoms with Crippen molar-refractivity contribution in [2.75, 3.05) is 0 Å². The van der Waals surface area contributed by atoms with Crippen molar-refractivity contribution >= 4 is 22.1 Å². The van der Waals surface area contributed by atoms with Crippen molar-refractivity contribution in [1.82, 2.24) is 9.97 Å². The lowest BCUT2D eigenvalue weighted by molar-refractivity contribution is 0.630. The molecule has 0 saturated heterocycles. The molecule has 4 heteroatoms. The number of rotatable bonds is 3. The summed E-state index contributed by atoms with van der Waals surface area (Å²) >= 11 is 0. The van der Waals surface area contributed by atoms with Gasteiger partial charge in [0.1, 0.15) is 11.4 Å². The number of furan rings is 1. The molecule has 0 aliphatic heterocycles. The van der Waals surface area contributed by atoms with Gasteiger partial charge >= 0.3 is 0 Å². The minimum absolute atomic E-state index is 0.300. The Balaban J connectivity index is 1.71. The van der Waals surface area contributed by atoms with Crippen LogP contribution in [0.15, 0.2) is 77.3 Å². The molecule has 3 nitrogen and oxygen atoms in total. The van der Waals surface area contributed by atoms with Gasteiger partial charge in [-0.3, -0.25) is 4.98 Å². The summed E-state index contributed by atoms with van der Waals surface area (Å²) in [5.41, 5.74) is 5.27. The van der Waals surface area contributed by atoms with Crippen LogP contribution in [0.1, 0.15) is 25.3 Å². The van der Waals surface area contributed by atoms with Crippen molar-refractivity contribution in [2.24, 2.45) is 0 Å². The third-order valence-electron chi connectivity index (χ3n) is 5.24. The van der Waals surface area contributed by atoms with Gasteiger partial charge in [0.2, 0.25) is 5.71 Å². The first-order chi connectivity index (χ1) is 14.1. The third-order valence-corrected chi connectivity index (χ3v) is 5.24. The molecule has 0 aliphatic rings. The minimum Gasteiger partial charge on any atom is -0.437 e. The van der Waals surface area contributed by atoms with Crippen molar-refractivity contribution in [3.63, 3.8) is 0 Å². The molecule has 2 aromatic carbocycles. The number of para-hydroxylation sites is 1. The smallest absolute Gasteiger partial charge is 0.227 e. The van der Waals surface area contributed by atoms with Crippen LogP contribution in [0, 0.1) is 5.82 Å². The van der Waals surface area contributed by atoms with E-state index in [1.165, 1.54) is 11.6 Å². The predicted molar refractivity (Wildman–Crippen MR) is 114 cm³/mol. The molecule has 3 heterocycles. The number of pyridine rings is 2. The van der Waals surface area contributed by atoms with Crippen molar-refractivity contribution < 1.29 is 8.81 Å². The van der Waals surface area contributed by atoms with Gasteiger partial charge in [0.05, 0.1) is 11.4 Å². The van der Waals surface area contributed by atoms with E-state index in [0.717, 1.165) is 27.6 Å². The number of fused-ring (bicyclic) bond motifs is 3. The summed E-state index contributed by atoms with van der Waals surface area (Å²) in [7, 11) is 0. The molecule has 5 aromatic rings. The van der Waals surface area contributed by atoms with Crippen molar-refractivity contribution in [1.29, 1.82) is 0 Å².